The molecule has 17 heavy (non-hydrogen) atoms. The lowest BCUT2D eigenvalue weighted by atomic mass is 9.88. The summed E-state index contributed by atoms with van der Waals surface area (Å²) >= 11 is 0. The summed E-state index contributed by atoms with van der Waals surface area (Å²) < 4.78 is 5.79. The third-order valence-corrected chi connectivity index (χ3v) is 5.23. The molecular weight excluding hydrogens is 214 g/mol. The lowest BCUT2D eigenvalue weighted by molar-refractivity contribution is -0.0225. The van der Waals surface area contributed by atoms with Crippen LogP contribution in [0.25, 0.3) is 0 Å². The second-order valence-corrected chi connectivity index (χ2v) is 5.85. The summed E-state index contributed by atoms with van der Waals surface area (Å²) in [5.74, 6) is 0. The van der Waals surface area contributed by atoms with Crippen molar-refractivity contribution in [1.82, 2.24) is 9.80 Å². The van der Waals surface area contributed by atoms with E-state index in [2.05, 4.69) is 16.7 Å². The van der Waals surface area contributed by atoms with E-state index in [0.29, 0.717) is 6.10 Å². The number of hydrogen-bond acceptors (Lipinski definition) is 4. The van der Waals surface area contributed by atoms with Crippen LogP contribution in [0.5, 0.6) is 0 Å². The Labute approximate surface area is 104 Å². The quantitative estimate of drug-likeness (QED) is 0.751. The molecule has 3 fully saturated rings. The van der Waals surface area contributed by atoms with Crippen LogP contribution in [-0.2, 0) is 4.74 Å². The highest BCUT2D eigenvalue weighted by Crippen LogP contribution is 2.34. The second-order valence-electron chi connectivity index (χ2n) is 5.85. The molecule has 4 nitrogen and oxygen atoms in total. The van der Waals surface area contributed by atoms with Gasteiger partial charge in [-0.3, -0.25) is 9.80 Å². The largest absolute Gasteiger partial charge is 0.376 e. The Kier molecular flexibility index (Phi) is 3.15. The minimum Gasteiger partial charge on any atom is -0.376 e. The van der Waals surface area contributed by atoms with Crippen LogP contribution >= 0.6 is 0 Å². The van der Waals surface area contributed by atoms with Crippen molar-refractivity contribution in [3.63, 3.8) is 0 Å². The molecule has 0 amide bonds. The lowest BCUT2D eigenvalue weighted by Gasteiger charge is -2.48. The number of fused-ring (bicyclic) bond motifs is 1. The molecule has 0 aromatic heterocycles. The summed E-state index contributed by atoms with van der Waals surface area (Å²) in [6.45, 7) is 8.70. The molecule has 3 aliphatic heterocycles. The first-order valence-corrected chi connectivity index (χ1v) is 7.07. The van der Waals surface area contributed by atoms with Crippen LogP contribution in [0.2, 0.25) is 0 Å². The zero-order chi connectivity index (χ0) is 11.9. The molecule has 2 N–H and O–H groups in total. The van der Waals surface area contributed by atoms with Gasteiger partial charge < -0.3 is 10.5 Å². The van der Waals surface area contributed by atoms with E-state index in [1.54, 1.807) is 0 Å². The summed E-state index contributed by atoms with van der Waals surface area (Å²) in [6, 6.07) is 0.778. The molecular formula is C13H25N3O. The van der Waals surface area contributed by atoms with E-state index < -0.39 is 0 Å². The van der Waals surface area contributed by atoms with Crippen LogP contribution < -0.4 is 5.73 Å². The molecule has 0 saturated carbocycles. The molecule has 3 unspecified atom stereocenters. The molecule has 3 aliphatic rings. The van der Waals surface area contributed by atoms with Gasteiger partial charge in [0.2, 0.25) is 0 Å². The van der Waals surface area contributed by atoms with Gasteiger partial charge in [-0.25, -0.2) is 0 Å². The Hall–Kier alpha value is -0.160. The number of rotatable bonds is 2. The summed E-state index contributed by atoms with van der Waals surface area (Å²) in [7, 11) is 0. The maximum Gasteiger partial charge on any atom is 0.0743 e. The van der Waals surface area contributed by atoms with E-state index in [0.717, 1.165) is 25.6 Å². The van der Waals surface area contributed by atoms with Crippen LogP contribution in [0.15, 0.2) is 0 Å². The maximum absolute atomic E-state index is 6.09. The van der Waals surface area contributed by atoms with Crippen LogP contribution in [0.3, 0.4) is 0 Å². The lowest BCUT2D eigenvalue weighted by Crippen LogP contribution is -2.64. The van der Waals surface area contributed by atoms with Crippen LogP contribution in [0, 0.1) is 0 Å². The fourth-order valence-electron chi connectivity index (χ4n) is 3.98. The van der Waals surface area contributed by atoms with Gasteiger partial charge in [0, 0.05) is 38.8 Å². The van der Waals surface area contributed by atoms with E-state index in [1.165, 1.54) is 39.0 Å². The van der Waals surface area contributed by atoms with Crippen LogP contribution in [0.4, 0.5) is 0 Å². The first kappa shape index (κ1) is 11.9. The van der Waals surface area contributed by atoms with Gasteiger partial charge in [0.1, 0.15) is 0 Å². The van der Waals surface area contributed by atoms with Crippen molar-refractivity contribution < 1.29 is 4.74 Å². The van der Waals surface area contributed by atoms with Crippen molar-refractivity contribution >= 4 is 0 Å². The highest BCUT2D eigenvalue weighted by atomic mass is 16.5. The molecule has 0 aliphatic carbocycles. The predicted molar refractivity (Wildman–Crippen MR) is 68.0 cm³/mol. The van der Waals surface area contributed by atoms with Crippen molar-refractivity contribution in [1.29, 1.82) is 0 Å². The van der Waals surface area contributed by atoms with Crippen molar-refractivity contribution in [3.8, 4) is 0 Å². The molecule has 0 spiro atoms. The SMILES string of the molecule is CC1OCCC1(CN)N1CCN2CCCC2C1. The fraction of sp³-hybridized carbons (Fsp3) is 1.00. The van der Waals surface area contributed by atoms with E-state index >= 15 is 0 Å². The van der Waals surface area contributed by atoms with Crippen LogP contribution in [-0.4, -0.2) is 66.8 Å². The Morgan fingerprint density at radius 2 is 2.24 bits per heavy atom. The summed E-state index contributed by atoms with van der Waals surface area (Å²) in [4.78, 5) is 5.29. The van der Waals surface area contributed by atoms with Crippen molar-refractivity contribution in [2.24, 2.45) is 5.73 Å². The van der Waals surface area contributed by atoms with Crippen LogP contribution in [0.1, 0.15) is 26.2 Å². The second kappa shape index (κ2) is 4.50. The zero-order valence-electron chi connectivity index (χ0n) is 10.9. The van der Waals surface area contributed by atoms with Gasteiger partial charge in [-0.05, 0) is 32.7 Å². The maximum atomic E-state index is 6.09. The third-order valence-electron chi connectivity index (χ3n) is 5.23. The Bertz CT molecular complexity index is 286. The third kappa shape index (κ3) is 1.82. The van der Waals surface area contributed by atoms with Gasteiger partial charge in [0.25, 0.3) is 0 Å². The number of hydrogen-bond donors (Lipinski definition) is 1. The summed E-state index contributed by atoms with van der Waals surface area (Å²) in [5.41, 5.74) is 6.21. The average molecular weight is 239 g/mol. The Morgan fingerprint density at radius 3 is 2.94 bits per heavy atom. The molecule has 98 valence electrons. The number of nitrogens with zero attached hydrogens (tertiary/aromatic N) is 2. The number of piperazine rings is 1. The molecule has 0 bridgehead atoms. The summed E-state index contributed by atoms with van der Waals surface area (Å²) in [6.07, 6.45) is 4.14. The van der Waals surface area contributed by atoms with E-state index in [1.807, 2.05) is 0 Å². The normalized spacial score (nSPS) is 44.1. The van der Waals surface area contributed by atoms with Gasteiger partial charge in [0.05, 0.1) is 11.6 Å². The Balaban J connectivity index is 1.74. The highest BCUT2D eigenvalue weighted by molar-refractivity contribution is 5.03. The summed E-state index contributed by atoms with van der Waals surface area (Å²) in [5, 5.41) is 0. The molecule has 4 heteroatoms. The first-order valence-electron chi connectivity index (χ1n) is 7.07. The molecule has 3 heterocycles. The molecule has 0 aromatic carbocycles. The molecule has 3 rings (SSSR count). The molecule has 0 radical (unpaired) electrons. The van der Waals surface area contributed by atoms with E-state index in [9.17, 15) is 0 Å². The standard InChI is InChI=1S/C13H25N3O/c1-11-13(10-14,4-8-17-11)16-7-6-15-5-2-3-12(15)9-16/h11-12H,2-10,14H2,1H3. The van der Waals surface area contributed by atoms with Crippen molar-refractivity contribution in [2.45, 2.75) is 43.9 Å². The Morgan fingerprint density at radius 1 is 1.35 bits per heavy atom. The van der Waals surface area contributed by atoms with Crippen molar-refractivity contribution in [2.75, 3.05) is 39.3 Å². The van der Waals surface area contributed by atoms with Gasteiger partial charge in [0.15, 0.2) is 0 Å². The zero-order valence-corrected chi connectivity index (χ0v) is 10.9. The number of nitrogens with two attached hydrogens (primary N) is 1. The fourth-order valence-corrected chi connectivity index (χ4v) is 3.98. The highest BCUT2D eigenvalue weighted by Gasteiger charge is 2.47. The van der Waals surface area contributed by atoms with Gasteiger partial charge in [-0.1, -0.05) is 0 Å². The minimum absolute atomic E-state index is 0.120. The monoisotopic (exact) mass is 239 g/mol. The predicted octanol–water partition coefficient (Wildman–Crippen LogP) is 0.273. The van der Waals surface area contributed by atoms with Gasteiger partial charge in [-0.15, -0.1) is 0 Å². The van der Waals surface area contributed by atoms with E-state index in [4.69, 9.17) is 10.5 Å². The topological polar surface area (TPSA) is 41.7 Å². The van der Waals surface area contributed by atoms with Crippen molar-refractivity contribution in [3.05, 3.63) is 0 Å². The molecule has 0 aromatic rings. The van der Waals surface area contributed by atoms with Gasteiger partial charge in [-0.2, -0.15) is 0 Å². The number of ether oxygens (including phenoxy) is 1. The van der Waals surface area contributed by atoms with E-state index in [-0.39, 0.29) is 5.54 Å². The van der Waals surface area contributed by atoms with Gasteiger partial charge >= 0.3 is 0 Å². The minimum atomic E-state index is 0.120. The molecule has 3 atom stereocenters. The molecule has 3 saturated heterocycles. The first-order chi connectivity index (χ1) is 8.26. The average Bonchev–Trinajstić information content (AvgIpc) is 2.94. The smallest absolute Gasteiger partial charge is 0.0743 e.